The van der Waals surface area contributed by atoms with Gasteiger partial charge in [0, 0.05) is 51.9 Å². The van der Waals surface area contributed by atoms with Crippen LogP contribution in [0.5, 0.6) is 0 Å². The zero-order valence-corrected chi connectivity index (χ0v) is 14.3. The van der Waals surface area contributed by atoms with E-state index in [9.17, 15) is 4.79 Å². The van der Waals surface area contributed by atoms with Crippen LogP contribution < -0.4 is 0 Å². The van der Waals surface area contributed by atoms with Gasteiger partial charge in [0.1, 0.15) is 11.8 Å². The van der Waals surface area contributed by atoms with Crippen LogP contribution in [-0.4, -0.2) is 86.2 Å². The highest BCUT2D eigenvalue weighted by atomic mass is 16.5. The standard InChI is InChI=1S/C17H24N4O3/c1-13-16(9-14(10-18)24-13)17(22)21-7-8-23-15(12-21)11-20-5-3-19(2)4-6-20/h9,15H,3-8,11-12H2,1-2H3. The van der Waals surface area contributed by atoms with E-state index in [0.29, 0.717) is 31.0 Å². The molecular weight excluding hydrogens is 308 g/mol. The Morgan fingerprint density at radius 2 is 2.08 bits per heavy atom. The molecule has 1 atom stereocenters. The van der Waals surface area contributed by atoms with E-state index in [1.807, 2.05) is 11.0 Å². The summed E-state index contributed by atoms with van der Waals surface area (Å²) >= 11 is 0. The molecule has 2 fully saturated rings. The van der Waals surface area contributed by atoms with Crippen molar-refractivity contribution >= 4 is 5.91 Å². The first-order valence-corrected chi connectivity index (χ1v) is 8.39. The predicted octanol–water partition coefficient (Wildman–Crippen LogP) is 0.548. The Balaban J connectivity index is 1.59. The lowest BCUT2D eigenvalue weighted by molar-refractivity contribution is -0.0400. The van der Waals surface area contributed by atoms with Gasteiger partial charge in [0.15, 0.2) is 0 Å². The molecule has 2 aliphatic heterocycles. The fourth-order valence-corrected chi connectivity index (χ4v) is 3.25. The molecule has 0 aliphatic carbocycles. The molecule has 1 amide bonds. The molecule has 3 heterocycles. The van der Waals surface area contributed by atoms with Crippen LogP contribution in [0.25, 0.3) is 0 Å². The number of carbonyl (C=O) groups is 1. The van der Waals surface area contributed by atoms with Gasteiger partial charge in [0.05, 0.1) is 18.3 Å². The number of aryl methyl sites for hydroxylation is 1. The Kier molecular flexibility index (Phi) is 5.19. The number of carbonyl (C=O) groups excluding carboxylic acids is 1. The molecule has 2 saturated heterocycles. The Morgan fingerprint density at radius 3 is 2.75 bits per heavy atom. The summed E-state index contributed by atoms with van der Waals surface area (Å²) in [7, 11) is 2.14. The van der Waals surface area contributed by atoms with Crippen molar-refractivity contribution in [3.8, 4) is 6.07 Å². The minimum absolute atomic E-state index is 0.0359. The van der Waals surface area contributed by atoms with Crippen LogP contribution in [0.3, 0.4) is 0 Å². The second-order valence-corrected chi connectivity index (χ2v) is 6.54. The van der Waals surface area contributed by atoms with Gasteiger partial charge < -0.3 is 19.0 Å². The highest BCUT2D eigenvalue weighted by Gasteiger charge is 2.29. The Bertz CT molecular complexity index is 628. The molecule has 0 spiro atoms. The van der Waals surface area contributed by atoms with E-state index in [1.54, 1.807) is 6.92 Å². The first kappa shape index (κ1) is 17.0. The molecule has 0 N–H and O–H groups in total. The van der Waals surface area contributed by atoms with Crippen molar-refractivity contribution in [1.82, 2.24) is 14.7 Å². The number of furan rings is 1. The second kappa shape index (κ2) is 7.34. The third kappa shape index (κ3) is 3.78. The molecule has 0 radical (unpaired) electrons. The lowest BCUT2D eigenvalue weighted by atomic mass is 10.1. The molecule has 7 nitrogen and oxygen atoms in total. The SMILES string of the molecule is Cc1oc(C#N)cc1C(=O)N1CCOC(CN2CCN(C)CC2)C1. The summed E-state index contributed by atoms with van der Waals surface area (Å²) in [5.74, 6) is 0.598. The number of piperazine rings is 1. The largest absolute Gasteiger partial charge is 0.450 e. The first-order chi connectivity index (χ1) is 11.6. The number of hydrogen-bond donors (Lipinski definition) is 0. The van der Waals surface area contributed by atoms with Gasteiger partial charge in [0.2, 0.25) is 5.76 Å². The molecule has 7 heteroatoms. The molecule has 0 bridgehead atoms. The number of amides is 1. The van der Waals surface area contributed by atoms with E-state index in [4.69, 9.17) is 14.4 Å². The van der Waals surface area contributed by atoms with Gasteiger partial charge in [-0.1, -0.05) is 0 Å². The first-order valence-electron chi connectivity index (χ1n) is 8.39. The van der Waals surface area contributed by atoms with E-state index < -0.39 is 0 Å². The fourth-order valence-electron chi connectivity index (χ4n) is 3.25. The van der Waals surface area contributed by atoms with Gasteiger partial charge in [-0.25, -0.2) is 0 Å². The minimum atomic E-state index is -0.0792. The third-order valence-electron chi connectivity index (χ3n) is 4.74. The lowest BCUT2D eigenvalue weighted by Crippen LogP contribution is -2.52. The Labute approximate surface area is 142 Å². The van der Waals surface area contributed by atoms with Gasteiger partial charge in [-0.3, -0.25) is 9.69 Å². The van der Waals surface area contributed by atoms with E-state index in [-0.39, 0.29) is 17.8 Å². The summed E-state index contributed by atoms with van der Waals surface area (Å²) < 4.78 is 11.1. The fraction of sp³-hybridized carbons (Fsp3) is 0.647. The highest BCUT2D eigenvalue weighted by Crippen LogP contribution is 2.18. The number of hydrogen-bond acceptors (Lipinski definition) is 6. The second-order valence-electron chi connectivity index (χ2n) is 6.54. The van der Waals surface area contributed by atoms with Crippen LogP contribution in [0.2, 0.25) is 0 Å². The monoisotopic (exact) mass is 332 g/mol. The maximum atomic E-state index is 12.7. The van der Waals surface area contributed by atoms with Crippen molar-refractivity contribution in [3.63, 3.8) is 0 Å². The minimum Gasteiger partial charge on any atom is -0.450 e. The van der Waals surface area contributed by atoms with E-state index >= 15 is 0 Å². The van der Waals surface area contributed by atoms with E-state index in [0.717, 1.165) is 32.7 Å². The summed E-state index contributed by atoms with van der Waals surface area (Å²) in [6.07, 6.45) is 0.0359. The molecule has 2 aliphatic rings. The quantitative estimate of drug-likeness (QED) is 0.805. The topological polar surface area (TPSA) is 72.9 Å². The summed E-state index contributed by atoms with van der Waals surface area (Å²) in [6.45, 7) is 8.49. The highest BCUT2D eigenvalue weighted by molar-refractivity contribution is 5.95. The number of nitriles is 1. The Hall–Kier alpha value is -1.88. The number of morpholine rings is 1. The van der Waals surface area contributed by atoms with Gasteiger partial charge >= 0.3 is 0 Å². The zero-order valence-electron chi connectivity index (χ0n) is 14.3. The van der Waals surface area contributed by atoms with Gasteiger partial charge in [-0.2, -0.15) is 5.26 Å². The lowest BCUT2D eigenvalue weighted by Gasteiger charge is -2.38. The summed E-state index contributed by atoms with van der Waals surface area (Å²) in [4.78, 5) is 19.2. The summed E-state index contributed by atoms with van der Waals surface area (Å²) in [6, 6.07) is 3.47. The number of ether oxygens (including phenoxy) is 1. The predicted molar refractivity (Wildman–Crippen MR) is 87.7 cm³/mol. The normalized spacial score (nSPS) is 23.2. The maximum Gasteiger partial charge on any atom is 0.257 e. The van der Waals surface area contributed by atoms with Crippen LogP contribution in [0, 0.1) is 18.3 Å². The van der Waals surface area contributed by atoms with Gasteiger partial charge in [0.25, 0.3) is 5.91 Å². The van der Waals surface area contributed by atoms with Crippen LogP contribution in [0.1, 0.15) is 21.9 Å². The summed E-state index contributed by atoms with van der Waals surface area (Å²) in [5, 5.41) is 8.91. The van der Waals surface area contributed by atoms with Crippen molar-refractivity contribution in [2.24, 2.45) is 0 Å². The van der Waals surface area contributed by atoms with Crippen LogP contribution in [-0.2, 0) is 4.74 Å². The molecule has 0 aromatic carbocycles. The number of rotatable bonds is 3. The molecule has 130 valence electrons. The van der Waals surface area contributed by atoms with Crippen molar-refractivity contribution in [2.45, 2.75) is 13.0 Å². The molecule has 0 saturated carbocycles. The smallest absolute Gasteiger partial charge is 0.257 e. The molecule has 1 aromatic heterocycles. The molecule has 3 rings (SSSR count). The van der Waals surface area contributed by atoms with Crippen molar-refractivity contribution in [2.75, 3.05) is 59.5 Å². The van der Waals surface area contributed by atoms with Crippen LogP contribution in [0.4, 0.5) is 0 Å². The van der Waals surface area contributed by atoms with Crippen molar-refractivity contribution in [3.05, 3.63) is 23.2 Å². The average molecular weight is 332 g/mol. The molecule has 1 unspecified atom stereocenters. The van der Waals surface area contributed by atoms with Gasteiger partial charge in [-0.05, 0) is 14.0 Å². The zero-order chi connectivity index (χ0) is 17.1. The van der Waals surface area contributed by atoms with Gasteiger partial charge in [-0.15, -0.1) is 0 Å². The summed E-state index contributed by atoms with van der Waals surface area (Å²) in [5.41, 5.74) is 0.479. The maximum absolute atomic E-state index is 12.7. The number of likely N-dealkylation sites (N-methyl/N-ethyl adjacent to an activating group) is 1. The molecular formula is C17H24N4O3. The molecule has 1 aromatic rings. The van der Waals surface area contributed by atoms with E-state index in [2.05, 4.69) is 16.8 Å². The van der Waals surface area contributed by atoms with Crippen molar-refractivity contribution < 1.29 is 13.9 Å². The van der Waals surface area contributed by atoms with Crippen molar-refractivity contribution in [1.29, 1.82) is 5.26 Å². The Morgan fingerprint density at radius 1 is 1.33 bits per heavy atom. The average Bonchev–Trinajstić information content (AvgIpc) is 2.97. The van der Waals surface area contributed by atoms with Crippen LogP contribution in [0.15, 0.2) is 10.5 Å². The van der Waals surface area contributed by atoms with E-state index in [1.165, 1.54) is 6.07 Å². The third-order valence-corrected chi connectivity index (χ3v) is 4.74. The molecule has 24 heavy (non-hydrogen) atoms. The number of nitrogens with zero attached hydrogens (tertiary/aromatic N) is 4. The van der Waals surface area contributed by atoms with Crippen LogP contribution >= 0.6 is 0 Å².